The van der Waals surface area contributed by atoms with Crippen LogP contribution in [0.3, 0.4) is 0 Å². The summed E-state index contributed by atoms with van der Waals surface area (Å²) in [5.41, 5.74) is 7.10. The number of nitrogens with one attached hydrogen (secondary N) is 4. The van der Waals surface area contributed by atoms with Crippen molar-refractivity contribution in [2.24, 2.45) is 0 Å². The van der Waals surface area contributed by atoms with Gasteiger partial charge >= 0.3 is 0 Å². The van der Waals surface area contributed by atoms with Crippen molar-refractivity contribution in [3.05, 3.63) is 84.7 Å². The number of hydrogen-bond donors (Lipinski definition) is 4. The molecule has 0 atom stereocenters. The molecule has 0 saturated carbocycles. The van der Waals surface area contributed by atoms with Crippen LogP contribution in [0, 0.1) is 5.82 Å². The number of hydrogen-bond acceptors (Lipinski definition) is 6. The number of anilines is 1. The predicted molar refractivity (Wildman–Crippen MR) is 160 cm³/mol. The normalized spacial score (nSPS) is 11.8. The zero-order valence-corrected chi connectivity index (χ0v) is 23.5. The highest BCUT2D eigenvalue weighted by molar-refractivity contribution is 7.88. The molecule has 0 radical (unpaired) electrons. The lowest BCUT2D eigenvalue weighted by molar-refractivity contribution is -0.115. The maximum Gasteiger partial charge on any atom is 0.224 e. The minimum absolute atomic E-state index is 0.0314. The summed E-state index contributed by atoms with van der Waals surface area (Å²) in [5.74, 6) is -0.571. The first-order valence-electron chi connectivity index (χ1n) is 13.1. The van der Waals surface area contributed by atoms with Gasteiger partial charge in [-0.1, -0.05) is 13.0 Å². The topological polar surface area (TPSA) is 146 Å². The van der Waals surface area contributed by atoms with E-state index in [1.807, 2.05) is 30.3 Å². The number of aromatic amines is 2. The van der Waals surface area contributed by atoms with E-state index in [9.17, 15) is 17.6 Å². The number of H-pyrrole nitrogens is 2. The lowest BCUT2D eigenvalue weighted by Gasteiger charge is -2.08. The number of amides is 1. The van der Waals surface area contributed by atoms with Crippen LogP contribution in [0.15, 0.2) is 73.3 Å². The minimum atomic E-state index is -3.44. The van der Waals surface area contributed by atoms with Gasteiger partial charge in [-0.3, -0.25) is 19.9 Å². The molecule has 0 spiro atoms. The summed E-state index contributed by atoms with van der Waals surface area (Å²) in [4.78, 5) is 23.9. The Kier molecular flexibility index (Phi) is 7.01. The highest BCUT2D eigenvalue weighted by Gasteiger charge is 2.16. The number of halogens is 1. The van der Waals surface area contributed by atoms with Gasteiger partial charge in [0, 0.05) is 47.3 Å². The lowest BCUT2D eigenvalue weighted by atomic mass is 10.0. The molecular formula is C30H26FN7O3S. The van der Waals surface area contributed by atoms with Crippen LogP contribution >= 0.6 is 0 Å². The van der Waals surface area contributed by atoms with Gasteiger partial charge in [-0.2, -0.15) is 5.10 Å². The summed E-state index contributed by atoms with van der Waals surface area (Å²) in [6.45, 7) is 1.76. The number of fused-ring (bicyclic) bond motifs is 2. The summed E-state index contributed by atoms with van der Waals surface area (Å²) in [6.07, 6.45) is 8.12. The molecule has 0 aliphatic rings. The van der Waals surface area contributed by atoms with Gasteiger partial charge in [0.15, 0.2) is 0 Å². The zero-order valence-electron chi connectivity index (χ0n) is 22.7. The van der Waals surface area contributed by atoms with E-state index in [1.165, 1.54) is 12.1 Å². The Morgan fingerprint density at radius 3 is 2.55 bits per heavy atom. The maximum atomic E-state index is 14.6. The van der Waals surface area contributed by atoms with Gasteiger partial charge in [0.2, 0.25) is 15.9 Å². The summed E-state index contributed by atoms with van der Waals surface area (Å²) in [7, 11) is -3.44. The van der Waals surface area contributed by atoms with E-state index >= 15 is 0 Å². The predicted octanol–water partition coefficient (Wildman–Crippen LogP) is 5.37. The van der Waals surface area contributed by atoms with Crippen LogP contribution in [0.4, 0.5) is 10.1 Å². The molecule has 4 N–H and O–H groups in total. The molecule has 0 aliphatic heterocycles. The van der Waals surface area contributed by atoms with E-state index in [0.29, 0.717) is 34.5 Å². The van der Waals surface area contributed by atoms with Crippen LogP contribution in [0.1, 0.15) is 18.9 Å². The Bertz CT molecular complexity index is 2090. The van der Waals surface area contributed by atoms with E-state index in [0.717, 1.165) is 44.9 Å². The standard InChI is InChI=1S/C30H26FN7O3S/c1-3-29(39)35-22-9-20(13-32-14-22)18-4-5-26-24(10-18)30(38-37-26)27-11-23-25(15-33-16-28(23)36-27)19-6-17(7-21(31)8-19)12-34-42(2,40)41/h4-11,13-16,34,36H,3,12H2,1-2H3,(H,35,39)(H,37,38). The van der Waals surface area contributed by atoms with E-state index in [1.54, 1.807) is 37.8 Å². The number of carbonyl (C=O) groups excluding carboxylic acids is 1. The summed E-state index contributed by atoms with van der Waals surface area (Å²) in [5, 5.41) is 12.2. The van der Waals surface area contributed by atoms with Crippen LogP contribution in [0.25, 0.3) is 55.4 Å². The first-order valence-corrected chi connectivity index (χ1v) is 15.0. The first kappa shape index (κ1) is 27.2. The molecule has 0 unspecified atom stereocenters. The number of rotatable bonds is 8. The van der Waals surface area contributed by atoms with Crippen LogP contribution in [-0.4, -0.2) is 45.7 Å². The minimum Gasteiger partial charge on any atom is -0.352 e. The molecule has 2 aromatic carbocycles. The molecule has 4 aromatic heterocycles. The van der Waals surface area contributed by atoms with E-state index in [-0.39, 0.29) is 12.5 Å². The zero-order chi connectivity index (χ0) is 29.4. The van der Waals surface area contributed by atoms with Crippen molar-refractivity contribution >= 4 is 43.4 Å². The molecule has 0 aliphatic carbocycles. The molecule has 1 amide bonds. The van der Waals surface area contributed by atoms with E-state index in [4.69, 9.17) is 0 Å². The van der Waals surface area contributed by atoms with Crippen LogP contribution < -0.4 is 10.0 Å². The Morgan fingerprint density at radius 1 is 0.905 bits per heavy atom. The quantitative estimate of drug-likeness (QED) is 0.190. The number of aromatic nitrogens is 5. The van der Waals surface area contributed by atoms with Crippen molar-refractivity contribution in [1.29, 1.82) is 0 Å². The van der Waals surface area contributed by atoms with Crippen molar-refractivity contribution < 1.29 is 17.6 Å². The molecular weight excluding hydrogens is 557 g/mol. The average molecular weight is 584 g/mol. The molecule has 0 saturated heterocycles. The molecule has 4 heterocycles. The number of nitrogens with zero attached hydrogens (tertiary/aromatic N) is 3. The fourth-order valence-electron chi connectivity index (χ4n) is 4.85. The molecule has 42 heavy (non-hydrogen) atoms. The van der Waals surface area contributed by atoms with Crippen molar-refractivity contribution in [3.8, 4) is 33.6 Å². The van der Waals surface area contributed by atoms with Crippen molar-refractivity contribution in [2.45, 2.75) is 19.9 Å². The van der Waals surface area contributed by atoms with E-state index < -0.39 is 15.8 Å². The van der Waals surface area contributed by atoms with Gasteiger partial charge in [0.25, 0.3) is 0 Å². The molecule has 12 heteroatoms. The van der Waals surface area contributed by atoms with Gasteiger partial charge in [0.1, 0.15) is 11.5 Å². The van der Waals surface area contributed by atoms with Crippen LogP contribution in [0.5, 0.6) is 0 Å². The highest BCUT2D eigenvalue weighted by Crippen LogP contribution is 2.35. The van der Waals surface area contributed by atoms with Crippen LogP contribution in [-0.2, 0) is 21.4 Å². The lowest BCUT2D eigenvalue weighted by Crippen LogP contribution is -2.21. The monoisotopic (exact) mass is 583 g/mol. The largest absolute Gasteiger partial charge is 0.352 e. The molecule has 6 aromatic rings. The second-order valence-electron chi connectivity index (χ2n) is 9.97. The maximum absolute atomic E-state index is 14.6. The van der Waals surface area contributed by atoms with Gasteiger partial charge in [-0.05, 0) is 59.2 Å². The van der Waals surface area contributed by atoms with Crippen LogP contribution in [0.2, 0.25) is 0 Å². The second kappa shape index (κ2) is 10.8. The third-order valence-corrected chi connectivity index (χ3v) is 7.52. The summed E-state index contributed by atoms with van der Waals surface area (Å²) >= 11 is 0. The second-order valence-corrected chi connectivity index (χ2v) is 11.8. The Balaban J connectivity index is 1.39. The molecule has 0 bridgehead atoms. The third kappa shape index (κ3) is 5.62. The van der Waals surface area contributed by atoms with Crippen molar-refractivity contribution in [3.63, 3.8) is 0 Å². The Morgan fingerprint density at radius 2 is 1.74 bits per heavy atom. The molecule has 6 rings (SSSR count). The molecule has 212 valence electrons. The Labute approximate surface area is 240 Å². The third-order valence-electron chi connectivity index (χ3n) is 6.85. The summed E-state index contributed by atoms with van der Waals surface area (Å²) in [6, 6.07) is 14.2. The van der Waals surface area contributed by atoms with Crippen molar-refractivity contribution in [2.75, 3.05) is 11.6 Å². The highest BCUT2D eigenvalue weighted by atomic mass is 32.2. The fourth-order valence-corrected chi connectivity index (χ4v) is 5.27. The van der Waals surface area contributed by atoms with Crippen molar-refractivity contribution in [1.82, 2.24) is 29.9 Å². The SMILES string of the molecule is CCC(=O)Nc1cncc(-c2ccc3[nH]nc(-c4cc5c(-c6cc(F)cc(CNS(C)(=O)=O)c6)cncc5[nH]4)c3c2)c1. The van der Waals surface area contributed by atoms with Gasteiger partial charge in [0.05, 0.1) is 41.1 Å². The molecule has 10 nitrogen and oxygen atoms in total. The average Bonchev–Trinajstić information content (AvgIpc) is 3.59. The van der Waals surface area contributed by atoms with E-state index in [2.05, 4.69) is 35.2 Å². The number of sulfonamides is 1. The fraction of sp³-hybridized carbons (Fsp3) is 0.133. The Hall–Kier alpha value is -4.94. The summed E-state index contributed by atoms with van der Waals surface area (Å²) < 4.78 is 40.1. The van der Waals surface area contributed by atoms with Gasteiger partial charge < -0.3 is 10.3 Å². The number of carbonyl (C=O) groups is 1. The molecule has 0 fully saturated rings. The number of benzene rings is 2. The first-order chi connectivity index (χ1) is 20.2. The smallest absolute Gasteiger partial charge is 0.224 e. The van der Waals surface area contributed by atoms with Gasteiger partial charge in [-0.15, -0.1) is 0 Å². The number of pyridine rings is 2. The van der Waals surface area contributed by atoms with Gasteiger partial charge in [-0.25, -0.2) is 17.5 Å².